The van der Waals surface area contributed by atoms with Crippen molar-refractivity contribution in [3.05, 3.63) is 52.8 Å². The highest BCUT2D eigenvalue weighted by atomic mass is 35.5. The molecule has 0 fully saturated rings. The lowest BCUT2D eigenvalue weighted by atomic mass is 9.89. The second kappa shape index (κ2) is 15.4. The van der Waals surface area contributed by atoms with Gasteiger partial charge in [0.25, 0.3) is 6.47 Å². The summed E-state index contributed by atoms with van der Waals surface area (Å²) in [6, 6.07) is 9.63. The van der Waals surface area contributed by atoms with Crippen LogP contribution in [0, 0.1) is 0 Å². The molecule has 10 heteroatoms. The number of hydrogen-bond donors (Lipinski definition) is 4. The van der Waals surface area contributed by atoms with E-state index >= 15 is 0 Å². The van der Waals surface area contributed by atoms with Crippen molar-refractivity contribution in [3.8, 4) is 0 Å². The van der Waals surface area contributed by atoms with Crippen molar-refractivity contribution < 1.29 is 24.6 Å². The molecule has 0 saturated heterocycles. The van der Waals surface area contributed by atoms with Gasteiger partial charge in [0, 0.05) is 36.5 Å². The second-order valence-electron chi connectivity index (χ2n) is 6.85. The van der Waals surface area contributed by atoms with Crippen molar-refractivity contribution >= 4 is 24.0 Å². The number of carboxylic acid groups (broad SMARTS) is 1. The van der Waals surface area contributed by atoms with Crippen LogP contribution in [-0.2, 0) is 27.3 Å². The van der Waals surface area contributed by atoms with Crippen molar-refractivity contribution in [2.45, 2.75) is 44.2 Å². The molecule has 4 N–H and O–H groups in total. The summed E-state index contributed by atoms with van der Waals surface area (Å²) < 4.78 is 7.64. The maximum absolute atomic E-state index is 11.8. The average molecular weight is 455 g/mol. The summed E-state index contributed by atoms with van der Waals surface area (Å²) in [5.41, 5.74) is 3.80. The van der Waals surface area contributed by atoms with Gasteiger partial charge in [0.15, 0.2) is 0 Å². The van der Waals surface area contributed by atoms with Gasteiger partial charge in [-0.1, -0.05) is 23.7 Å². The maximum Gasteiger partial charge on any atom is 0.290 e. The molecule has 2 rings (SSSR count). The van der Waals surface area contributed by atoms with Crippen LogP contribution in [0.3, 0.4) is 0 Å². The summed E-state index contributed by atoms with van der Waals surface area (Å²) in [5.74, 6) is -0.580. The number of nitrogens with zero attached hydrogens (tertiary/aromatic N) is 2. The van der Waals surface area contributed by atoms with Crippen LogP contribution in [0.2, 0.25) is 5.02 Å². The lowest BCUT2D eigenvalue weighted by molar-refractivity contribution is -0.132. The SMILES string of the molecule is CNCCCCn1nccc1C(Cc1ccc(Cl)cc1)C(CC(=O)NO)OC.O=CO. The van der Waals surface area contributed by atoms with Crippen molar-refractivity contribution in [1.29, 1.82) is 0 Å². The first kappa shape index (κ1) is 26.6. The van der Waals surface area contributed by atoms with Crippen molar-refractivity contribution in [2.75, 3.05) is 20.7 Å². The summed E-state index contributed by atoms with van der Waals surface area (Å²) in [5, 5.41) is 24.1. The van der Waals surface area contributed by atoms with Crippen LogP contribution in [0.15, 0.2) is 36.5 Å². The lowest BCUT2D eigenvalue weighted by Crippen LogP contribution is -2.32. The topological polar surface area (TPSA) is 126 Å². The number of halogens is 1. The van der Waals surface area contributed by atoms with Crippen molar-refractivity contribution in [2.24, 2.45) is 0 Å². The van der Waals surface area contributed by atoms with Gasteiger partial charge in [-0.15, -0.1) is 0 Å². The minimum Gasteiger partial charge on any atom is -0.483 e. The van der Waals surface area contributed by atoms with Crippen LogP contribution in [0.5, 0.6) is 0 Å². The Morgan fingerprint density at radius 3 is 2.55 bits per heavy atom. The van der Waals surface area contributed by atoms with Gasteiger partial charge in [-0.25, -0.2) is 5.48 Å². The number of methoxy groups -OCH3 is 1. The van der Waals surface area contributed by atoms with E-state index in [4.69, 9.17) is 31.4 Å². The molecule has 2 unspecified atom stereocenters. The van der Waals surface area contributed by atoms with Crippen LogP contribution in [0.4, 0.5) is 0 Å². The molecule has 1 heterocycles. The van der Waals surface area contributed by atoms with E-state index in [9.17, 15) is 4.79 Å². The number of unbranched alkanes of at least 4 members (excludes halogenated alkanes) is 1. The first-order valence-corrected chi connectivity index (χ1v) is 10.3. The molecule has 2 aromatic rings. The largest absolute Gasteiger partial charge is 0.483 e. The molecule has 1 aromatic carbocycles. The number of rotatable bonds is 12. The van der Waals surface area contributed by atoms with E-state index in [2.05, 4.69) is 10.4 Å². The highest BCUT2D eigenvalue weighted by Crippen LogP contribution is 2.29. The predicted molar refractivity (Wildman–Crippen MR) is 117 cm³/mol. The minimum absolute atomic E-state index is 0.0518. The number of aromatic nitrogens is 2. The van der Waals surface area contributed by atoms with Crippen molar-refractivity contribution in [1.82, 2.24) is 20.6 Å². The second-order valence-corrected chi connectivity index (χ2v) is 7.28. The molecule has 172 valence electrons. The average Bonchev–Trinajstić information content (AvgIpc) is 3.23. The molecule has 1 amide bonds. The number of carbonyl (C=O) groups is 2. The number of ether oxygens (including phenoxy) is 1. The first-order valence-electron chi connectivity index (χ1n) is 9.95. The van der Waals surface area contributed by atoms with Gasteiger partial charge in [-0.05, 0) is 56.6 Å². The number of amides is 1. The third kappa shape index (κ3) is 9.48. The Bertz CT molecular complexity index is 769. The van der Waals surface area contributed by atoms with E-state index in [0.29, 0.717) is 11.4 Å². The number of nitrogens with one attached hydrogen (secondary N) is 2. The lowest BCUT2D eigenvalue weighted by Gasteiger charge is -2.26. The molecule has 0 spiro atoms. The standard InChI is InChI=1S/C20H29ClN4O3.CH2O2/c1-22-10-3-4-12-25-18(9-11-23-25)17(19(28-2)14-20(26)24-27)13-15-5-7-16(21)8-6-15;2-1-3/h5-9,11,17,19,22,27H,3-4,10,12-14H2,1-2H3,(H,24,26);1H,(H,2,3). The molecule has 0 saturated carbocycles. The Balaban J connectivity index is 0.00000151. The van der Waals surface area contributed by atoms with Crippen LogP contribution in [-0.4, -0.2) is 59.3 Å². The van der Waals surface area contributed by atoms with E-state index in [-0.39, 0.29) is 18.8 Å². The summed E-state index contributed by atoms with van der Waals surface area (Å²) in [4.78, 5) is 20.2. The Kier molecular flexibility index (Phi) is 13.2. The quantitative estimate of drug-likeness (QED) is 0.168. The van der Waals surface area contributed by atoms with Gasteiger partial charge in [-0.2, -0.15) is 5.10 Å². The number of benzene rings is 1. The zero-order valence-corrected chi connectivity index (χ0v) is 18.6. The fraction of sp³-hybridized carbons (Fsp3) is 0.476. The smallest absolute Gasteiger partial charge is 0.290 e. The monoisotopic (exact) mass is 454 g/mol. The van der Waals surface area contributed by atoms with Gasteiger partial charge in [-0.3, -0.25) is 19.5 Å². The minimum atomic E-state index is -0.479. The van der Waals surface area contributed by atoms with E-state index in [0.717, 1.165) is 37.2 Å². The molecule has 0 aliphatic rings. The van der Waals surface area contributed by atoms with Gasteiger partial charge in [0.05, 0.1) is 12.5 Å². The van der Waals surface area contributed by atoms with Crippen LogP contribution >= 0.6 is 11.6 Å². The molecule has 0 aliphatic heterocycles. The van der Waals surface area contributed by atoms with Crippen LogP contribution in [0.25, 0.3) is 0 Å². The molecule has 1 aromatic heterocycles. The van der Waals surface area contributed by atoms with Gasteiger partial charge >= 0.3 is 0 Å². The maximum atomic E-state index is 11.8. The summed E-state index contributed by atoms with van der Waals surface area (Å²) in [6.45, 7) is 1.51. The number of aryl methyl sites for hydroxylation is 1. The third-order valence-corrected chi connectivity index (χ3v) is 5.06. The van der Waals surface area contributed by atoms with E-state index in [1.165, 1.54) is 0 Å². The van der Waals surface area contributed by atoms with E-state index in [1.807, 2.05) is 42.1 Å². The fourth-order valence-electron chi connectivity index (χ4n) is 3.33. The fourth-order valence-corrected chi connectivity index (χ4v) is 3.45. The summed E-state index contributed by atoms with van der Waals surface area (Å²) in [6.07, 6.45) is 4.14. The molecule has 0 aliphatic carbocycles. The first-order chi connectivity index (χ1) is 15.0. The highest BCUT2D eigenvalue weighted by molar-refractivity contribution is 6.30. The van der Waals surface area contributed by atoms with Crippen molar-refractivity contribution in [3.63, 3.8) is 0 Å². The van der Waals surface area contributed by atoms with E-state index < -0.39 is 12.0 Å². The van der Waals surface area contributed by atoms with Gasteiger partial charge in [0.1, 0.15) is 0 Å². The van der Waals surface area contributed by atoms with Gasteiger partial charge in [0.2, 0.25) is 5.91 Å². The number of hydroxylamine groups is 1. The molecule has 2 atom stereocenters. The van der Waals surface area contributed by atoms with Crippen LogP contribution < -0.4 is 10.8 Å². The third-order valence-electron chi connectivity index (χ3n) is 4.81. The molecule has 0 bridgehead atoms. The number of carbonyl (C=O) groups excluding carboxylic acids is 1. The van der Waals surface area contributed by atoms with Gasteiger partial charge < -0.3 is 15.2 Å². The molecule has 9 nitrogen and oxygen atoms in total. The van der Waals surface area contributed by atoms with E-state index in [1.54, 1.807) is 18.8 Å². The Morgan fingerprint density at radius 1 is 1.29 bits per heavy atom. The Morgan fingerprint density at radius 2 is 1.97 bits per heavy atom. The zero-order valence-electron chi connectivity index (χ0n) is 17.8. The highest BCUT2D eigenvalue weighted by Gasteiger charge is 2.28. The molecular weight excluding hydrogens is 424 g/mol. The molecule has 31 heavy (non-hydrogen) atoms. The Hall–Kier alpha value is -2.46. The summed E-state index contributed by atoms with van der Waals surface area (Å²) in [7, 11) is 3.52. The van der Waals surface area contributed by atoms with Crippen LogP contribution in [0.1, 0.15) is 36.4 Å². The molecule has 0 radical (unpaired) electrons. The molecular formula is C21H31ClN4O5. The zero-order chi connectivity index (χ0) is 23.1. The summed E-state index contributed by atoms with van der Waals surface area (Å²) >= 11 is 6.01. The number of hydrogen-bond acceptors (Lipinski definition) is 6. The predicted octanol–water partition coefficient (Wildman–Crippen LogP) is 2.47. The normalized spacial score (nSPS) is 12.4. The Labute approximate surface area is 187 Å².